The zero-order valence-electron chi connectivity index (χ0n) is 13.4. The molecule has 116 valence electrons. The molecule has 22 heavy (non-hydrogen) atoms. The van der Waals surface area contributed by atoms with Gasteiger partial charge >= 0.3 is 0 Å². The number of aromatic nitrogens is 1. The van der Waals surface area contributed by atoms with Gasteiger partial charge in [-0.05, 0) is 25.8 Å². The number of hydrogen-bond donors (Lipinski definition) is 0. The first-order chi connectivity index (χ1) is 10.5. The molecular formula is C18H22N2O2. The molecule has 0 spiro atoms. The van der Waals surface area contributed by atoms with Crippen molar-refractivity contribution in [2.24, 2.45) is 0 Å². The van der Waals surface area contributed by atoms with Crippen LogP contribution in [0.1, 0.15) is 42.0 Å². The number of oxazole rings is 1. The maximum Gasteiger partial charge on any atom is 0.230 e. The molecule has 0 saturated carbocycles. The minimum Gasteiger partial charge on any atom is -0.446 e. The fourth-order valence-electron chi connectivity index (χ4n) is 3.20. The molecule has 2 aromatic rings. The Balaban J connectivity index is 1.67. The highest BCUT2D eigenvalue weighted by molar-refractivity contribution is 5.78. The van der Waals surface area contributed by atoms with Gasteiger partial charge in [0.1, 0.15) is 5.76 Å². The summed E-state index contributed by atoms with van der Waals surface area (Å²) in [5, 5.41) is 0. The van der Waals surface area contributed by atoms with E-state index in [2.05, 4.69) is 43.1 Å². The molecular weight excluding hydrogens is 276 g/mol. The standard InChI is InChI=1S/C18H22N2O2/c1-12-4-6-15(7-5-12)16-8-13(2)20(11-16)18(21)9-17-10-19-14(3)22-17/h4-7,10,13,16H,8-9,11H2,1-3H3. The van der Waals surface area contributed by atoms with Gasteiger partial charge in [-0.25, -0.2) is 4.98 Å². The van der Waals surface area contributed by atoms with Gasteiger partial charge in [-0.1, -0.05) is 29.8 Å². The van der Waals surface area contributed by atoms with Gasteiger partial charge in [0.25, 0.3) is 0 Å². The van der Waals surface area contributed by atoms with Crippen LogP contribution in [0.5, 0.6) is 0 Å². The van der Waals surface area contributed by atoms with Crippen LogP contribution in [0.3, 0.4) is 0 Å². The Morgan fingerprint density at radius 2 is 2.05 bits per heavy atom. The van der Waals surface area contributed by atoms with Crippen LogP contribution in [0.25, 0.3) is 0 Å². The SMILES string of the molecule is Cc1ccc(C2CC(C)N(C(=O)Cc3cnc(C)o3)C2)cc1. The summed E-state index contributed by atoms with van der Waals surface area (Å²) in [7, 11) is 0. The van der Waals surface area contributed by atoms with Crippen molar-refractivity contribution in [1.29, 1.82) is 0 Å². The van der Waals surface area contributed by atoms with Crippen molar-refractivity contribution in [3.05, 3.63) is 53.2 Å². The van der Waals surface area contributed by atoms with E-state index in [0.29, 0.717) is 24.0 Å². The third-order valence-electron chi connectivity index (χ3n) is 4.44. The predicted octanol–water partition coefficient (Wildman–Crippen LogP) is 3.24. The summed E-state index contributed by atoms with van der Waals surface area (Å²) in [6, 6.07) is 8.91. The molecule has 1 amide bonds. The van der Waals surface area contributed by atoms with Crippen molar-refractivity contribution < 1.29 is 9.21 Å². The molecule has 0 bridgehead atoms. The van der Waals surface area contributed by atoms with Crippen LogP contribution in [-0.2, 0) is 11.2 Å². The number of carbonyl (C=O) groups is 1. The smallest absolute Gasteiger partial charge is 0.230 e. The third kappa shape index (κ3) is 3.06. The summed E-state index contributed by atoms with van der Waals surface area (Å²) >= 11 is 0. The van der Waals surface area contributed by atoms with Gasteiger partial charge in [0.2, 0.25) is 5.91 Å². The van der Waals surface area contributed by atoms with E-state index < -0.39 is 0 Å². The lowest BCUT2D eigenvalue weighted by Gasteiger charge is -2.21. The average Bonchev–Trinajstić information content (AvgIpc) is 3.06. The van der Waals surface area contributed by atoms with E-state index in [-0.39, 0.29) is 11.9 Å². The summed E-state index contributed by atoms with van der Waals surface area (Å²) in [4.78, 5) is 18.5. The zero-order chi connectivity index (χ0) is 15.7. The Labute approximate surface area is 131 Å². The third-order valence-corrected chi connectivity index (χ3v) is 4.44. The molecule has 4 nitrogen and oxygen atoms in total. The lowest BCUT2D eigenvalue weighted by Crippen LogP contribution is -2.35. The molecule has 1 saturated heterocycles. The highest BCUT2D eigenvalue weighted by atomic mass is 16.4. The molecule has 2 unspecified atom stereocenters. The lowest BCUT2D eigenvalue weighted by molar-refractivity contribution is -0.131. The molecule has 2 atom stereocenters. The van der Waals surface area contributed by atoms with Crippen LogP contribution in [0, 0.1) is 13.8 Å². The van der Waals surface area contributed by atoms with Crippen molar-refractivity contribution >= 4 is 5.91 Å². The molecule has 2 heterocycles. The minimum atomic E-state index is 0.123. The average molecular weight is 298 g/mol. The van der Waals surface area contributed by atoms with Gasteiger partial charge in [0.05, 0.1) is 12.6 Å². The van der Waals surface area contributed by atoms with Gasteiger partial charge in [-0.3, -0.25) is 4.79 Å². The van der Waals surface area contributed by atoms with E-state index in [1.165, 1.54) is 11.1 Å². The van der Waals surface area contributed by atoms with Crippen molar-refractivity contribution in [3.8, 4) is 0 Å². The zero-order valence-corrected chi connectivity index (χ0v) is 13.4. The maximum absolute atomic E-state index is 12.5. The predicted molar refractivity (Wildman–Crippen MR) is 84.7 cm³/mol. The molecule has 1 fully saturated rings. The molecule has 1 aliphatic rings. The van der Waals surface area contributed by atoms with E-state index in [4.69, 9.17) is 4.42 Å². The van der Waals surface area contributed by atoms with Crippen molar-refractivity contribution in [2.75, 3.05) is 6.54 Å². The quantitative estimate of drug-likeness (QED) is 0.874. The Kier molecular flexibility index (Phi) is 4.01. The summed E-state index contributed by atoms with van der Waals surface area (Å²) in [5.41, 5.74) is 2.59. The monoisotopic (exact) mass is 298 g/mol. The first kappa shape index (κ1) is 14.8. The topological polar surface area (TPSA) is 46.3 Å². The Bertz CT molecular complexity index is 660. The van der Waals surface area contributed by atoms with Crippen molar-refractivity contribution in [1.82, 2.24) is 9.88 Å². The van der Waals surface area contributed by atoms with Gasteiger partial charge in [-0.15, -0.1) is 0 Å². The maximum atomic E-state index is 12.5. The van der Waals surface area contributed by atoms with Gasteiger partial charge in [0.15, 0.2) is 5.89 Å². The van der Waals surface area contributed by atoms with Crippen LogP contribution in [0.4, 0.5) is 0 Å². The van der Waals surface area contributed by atoms with Crippen molar-refractivity contribution in [2.45, 2.75) is 45.6 Å². The number of carbonyl (C=O) groups excluding carboxylic acids is 1. The largest absolute Gasteiger partial charge is 0.446 e. The van der Waals surface area contributed by atoms with Crippen LogP contribution in [0.15, 0.2) is 34.9 Å². The molecule has 1 aromatic carbocycles. The van der Waals surface area contributed by atoms with Gasteiger partial charge in [-0.2, -0.15) is 0 Å². The second-order valence-electron chi connectivity index (χ2n) is 6.26. The second kappa shape index (κ2) is 5.95. The first-order valence-electron chi connectivity index (χ1n) is 7.80. The first-order valence-corrected chi connectivity index (χ1v) is 7.80. The Morgan fingerprint density at radius 1 is 1.32 bits per heavy atom. The number of nitrogens with zero attached hydrogens (tertiary/aromatic N) is 2. The van der Waals surface area contributed by atoms with E-state index in [1.807, 2.05) is 4.90 Å². The number of aryl methyl sites for hydroxylation is 2. The van der Waals surface area contributed by atoms with Gasteiger partial charge < -0.3 is 9.32 Å². The molecule has 0 N–H and O–H groups in total. The van der Waals surface area contributed by atoms with Crippen LogP contribution >= 0.6 is 0 Å². The number of hydrogen-bond acceptors (Lipinski definition) is 3. The van der Waals surface area contributed by atoms with E-state index in [1.54, 1.807) is 13.1 Å². The van der Waals surface area contributed by atoms with Crippen LogP contribution < -0.4 is 0 Å². The summed E-state index contributed by atoms with van der Waals surface area (Å²) in [6.45, 7) is 6.80. The number of rotatable bonds is 3. The number of benzene rings is 1. The van der Waals surface area contributed by atoms with E-state index in [9.17, 15) is 4.79 Å². The Hall–Kier alpha value is -2.10. The van der Waals surface area contributed by atoms with Crippen LogP contribution in [0.2, 0.25) is 0 Å². The summed E-state index contributed by atoms with van der Waals surface area (Å²) < 4.78 is 5.41. The number of amides is 1. The van der Waals surface area contributed by atoms with E-state index >= 15 is 0 Å². The van der Waals surface area contributed by atoms with E-state index in [0.717, 1.165) is 13.0 Å². The Morgan fingerprint density at radius 3 is 2.68 bits per heavy atom. The highest BCUT2D eigenvalue weighted by Gasteiger charge is 2.33. The minimum absolute atomic E-state index is 0.123. The summed E-state index contributed by atoms with van der Waals surface area (Å²) in [6.07, 6.45) is 2.96. The molecule has 1 aliphatic heterocycles. The fourth-order valence-corrected chi connectivity index (χ4v) is 3.20. The molecule has 0 radical (unpaired) electrons. The second-order valence-corrected chi connectivity index (χ2v) is 6.26. The molecule has 0 aliphatic carbocycles. The molecule has 3 rings (SSSR count). The van der Waals surface area contributed by atoms with Crippen molar-refractivity contribution in [3.63, 3.8) is 0 Å². The van der Waals surface area contributed by atoms with Gasteiger partial charge in [0, 0.05) is 25.4 Å². The number of likely N-dealkylation sites (tertiary alicyclic amines) is 1. The molecule has 4 heteroatoms. The summed E-state index contributed by atoms with van der Waals surface area (Å²) in [5.74, 6) is 1.80. The fraction of sp³-hybridized carbons (Fsp3) is 0.444. The highest BCUT2D eigenvalue weighted by Crippen LogP contribution is 2.32. The van der Waals surface area contributed by atoms with Crippen LogP contribution in [-0.4, -0.2) is 28.4 Å². The normalized spacial score (nSPS) is 21.3. The molecule has 1 aromatic heterocycles. The lowest BCUT2D eigenvalue weighted by atomic mass is 9.96.